The fourth-order valence-electron chi connectivity index (χ4n) is 3.88. The molecule has 2 aromatic rings. The molecule has 2 aliphatic rings. The van der Waals surface area contributed by atoms with Crippen LogP contribution < -0.4 is 0 Å². The Labute approximate surface area is 157 Å². The number of hydrogen-bond acceptors (Lipinski definition) is 4. The monoisotopic (exact) mass is 414 g/mol. The third-order valence-corrected chi connectivity index (χ3v) is 5.68. The highest BCUT2D eigenvalue weighted by molar-refractivity contribution is 9.10. The minimum absolute atomic E-state index is 0.245. The van der Waals surface area contributed by atoms with Crippen LogP contribution in [0.3, 0.4) is 0 Å². The van der Waals surface area contributed by atoms with Crippen LogP contribution in [-0.4, -0.2) is 46.5 Å². The summed E-state index contributed by atoms with van der Waals surface area (Å²) in [6, 6.07) is 3.24. The maximum Gasteiger partial charge on any atom is 0.262 e. The quantitative estimate of drug-likeness (QED) is 0.707. The largest absolute Gasteiger partial charge is 0.275 e. The molecular weight excluding hydrogens is 400 g/mol. The number of hydrogen-bond donors (Lipinski definition) is 0. The van der Waals surface area contributed by atoms with Gasteiger partial charge in [0.25, 0.3) is 23.6 Å². The fraction of sp³-hybridized carbons (Fsp3) is 0.263. The van der Waals surface area contributed by atoms with E-state index in [0.717, 1.165) is 0 Å². The molecule has 0 bridgehead atoms. The molecule has 0 saturated heterocycles. The topological polar surface area (TPSA) is 74.8 Å². The van der Waals surface area contributed by atoms with Crippen LogP contribution in [0.4, 0.5) is 0 Å². The molecule has 6 nitrogen and oxygen atoms in total. The van der Waals surface area contributed by atoms with E-state index >= 15 is 0 Å². The highest BCUT2D eigenvalue weighted by Crippen LogP contribution is 2.42. The Morgan fingerprint density at radius 1 is 0.769 bits per heavy atom. The number of benzene rings is 2. The van der Waals surface area contributed by atoms with Gasteiger partial charge < -0.3 is 0 Å². The maximum absolute atomic E-state index is 12.9. The highest BCUT2D eigenvalue weighted by Gasteiger charge is 2.40. The van der Waals surface area contributed by atoms with Gasteiger partial charge in [0, 0.05) is 39.5 Å². The smallest absolute Gasteiger partial charge is 0.262 e. The van der Waals surface area contributed by atoms with E-state index in [1.165, 1.54) is 9.80 Å². The first-order valence-corrected chi connectivity index (χ1v) is 9.14. The van der Waals surface area contributed by atoms with E-state index < -0.39 is 17.7 Å². The molecule has 2 heterocycles. The van der Waals surface area contributed by atoms with Gasteiger partial charge in [-0.3, -0.25) is 29.0 Å². The van der Waals surface area contributed by atoms with Crippen molar-refractivity contribution in [3.63, 3.8) is 0 Å². The second kappa shape index (κ2) is 5.48. The first-order valence-electron chi connectivity index (χ1n) is 8.35. The Kier molecular flexibility index (Phi) is 3.56. The highest BCUT2D eigenvalue weighted by atomic mass is 79.9. The van der Waals surface area contributed by atoms with E-state index in [2.05, 4.69) is 15.9 Å². The third kappa shape index (κ3) is 1.86. The van der Waals surface area contributed by atoms with Crippen molar-refractivity contribution in [3.05, 3.63) is 44.4 Å². The van der Waals surface area contributed by atoms with Crippen LogP contribution in [0.25, 0.3) is 10.8 Å². The van der Waals surface area contributed by atoms with Crippen LogP contribution in [0.2, 0.25) is 0 Å². The predicted octanol–water partition coefficient (Wildman–Crippen LogP) is 3.14. The number of carbonyl (C=O) groups excluding carboxylic acids is 4. The minimum atomic E-state index is -0.420. The van der Waals surface area contributed by atoms with Crippen LogP contribution in [0.15, 0.2) is 16.6 Å². The van der Waals surface area contributed by atoms with Gasteiger partial charge in [-0.2, -0.15) is 0 Å². The van der Waals surface area contributed by atoms with Gasteiger partial charge in [0.15, 0.2) is 0 Å². The van der Waals surface area contributed by atoms with Crippen LogP contribution in [0, 0.1) is 6.92 Å². The van der Waals surface area contributed by atoms with Gasteiger partial charge in [0.1, 0.15) is 0 Å². The third-order valence-electron chi connectivity index (χ3n) is 5.06. The predicted molar refractivity (Wildman–Crippen MR) is 98.5 cm³/mol. The van der Waals surface area contributed by atoms with Gasteiger partial charge in [-0.25, -0.2) is 0 Å². The van der Waals surface area contributed by atoms with E-state index in [0.29, 0.717) is 43.1 Å². The summed E-state index contributed by atoms with van der Waals surface area (Å²) in [6.45, 7) is 5.71. The molecule has 0 fully saturated rings. The molecule has 2 aromatic carbocycles. The fourth-order valence-corrected chi connectivity index (χ4v) is 4.48. The normalized spacial score (nSPS) is 16.2. The standard InChI is InChI=1S/C19H15BrN2O4/c1-4-21-17(24)10-7-11(20)15-14-9(16(23)22(5-2)19(15)26)6-8(3)12(13(10)14)18(21)25/h6-7H,4-5H2,1-3H3. The van der Waals surface area contributed by atoms with Crippen molar-refractivity contribution >= 4 is 50.3 Å². The number of halogens is 1. The van der Waals surface area contributed by atoms with Crippen LogP contribution >= 0.6 is 15.9 Å². The van der Waals surface area contributed by atoms with Crippen molar-refractivity contribution < 1.29 is 19.2 Å². The van der Waals surface area contributed by atoms with Crippen molar-refractivity contribution in [1.82, 2.24) is 9.80 Å². The molecule has 4 amide bonds. The summed E-state index contributed by atoms with van der Waals surface area (Å²) >= 11 is 3.39. The molecule has 0 aromatic heterocycles. The number of amides is 4. The number of carbonyl (C=O) groups is 4. The Morgan fingerprint density at radius 2 is 1.23 bits per heavy atom. The Hall–Kier alpha value is -2.54. The zero-order chi connectivity index (χ0) is 18.9. The van der Waals surface area contributed by atoms with Gasteiger partial charge in [-0.05, 0) is 54.4 Å². The van der Waals surface area contributed by atoms with Crippen LogP contribution in [0.1, 0.15) is 60.8 Å². The molecular formula is C19H15BrN2O4. The van der Waals surface area contributed by atoms with Gasteiger partial charge in [-0.15, -0.1) is 0 Å². The average Bonchev–Trinajstić information content (AvgIpc) is 2.59. The van der Waals surface area contributed by atoms with E-state index in [1.54, 1.807) is 32.9 Å². The molecule has 0 saturated carbocycles. The number of rotatable bonds is 2. The summed E-state index contributed by atoms with van der Waals surface area (Å²) in [5.41, 5.74) is 2.02. The molecule has 0 radical (unpaired) electrons. The van der Waals surface area contributed by atoms with E-state index in [9.17, 15) is 19.2 Å². The van der Waals surface area contributed by atoms with Gasteiger partial charge in [0.05, 0.1) is 11.1 Å². The molecule has 2 aliphatic heterocycles. The average molecular weight is 415 g/mol. The number of aryl methyl sites for hydroxylation is 1. The molecule has 0 N–H and O–H groups in total. The first kappa shape index (κ1) is 16.9. The molecule has 0 atom stereocenters. The second-order valence-corrected chi connectivity index (χ2v) is 7.21. The zero-order valence-electron chi connectivity index (χ0n) is 14.5. The van der Waals surface area contributed by atoms with Gasteiger partial charge >= 0.3 is 0 Å². The minimum Gasteiger partial charge on any atom is -0.275 e. The molecule has 4 rings (SSSR count). The first-order chi connectivity index (χ1) is 12.3. The van der Waals surface area contributed by atoms with Crippen molar-refractivity contribution in [2.75, 3.05) is 13.1 Å². The summed E-state index contributed by atoms with van der Waals surface area (Å²) in [6.07, 6.45) is 0. The molecule has 132 valence electrons. The Bertz CT molecular complexity index is 988. The second-order valence-electron chi connectivity index (χ2n) is 6.36. The lowest BCUT2D eigenvalue weighted by Gasteiger charge is -2.32. The summed E-state index contributed by atoms with van der Waals surface area (Å²) < 4.78 is 0.450. The maximum atomic E-state index is 12.9. The van der Waals surface area contributed by atoms with Crippen LogP contribution in [0.5, 0.6) is 0 Å². The number of nitrogens with zero attached hydrogens (tertiary/aromatic N) is 2. The summed E-state index contributed by atoms with van der Waals surface area (Å²) in [5.74, 6) is -1.62. The van der Waals surface area contributed by atoms with Gasteiger partial charge in [0.2, 0.25) is 0 Å². The van der Waals surface area contributed by atoms with Crippen molar-refractivity contribution in [3.8, 4) is 0 Å². The van der Waals surface area contributed by atoms with Crippen molar-refractivity contribution in [2.45, 2.75) is 20.8 Å². The van der Waals surface area contributed by atoms with Crippen molar-refractivity contribution in [2.24, 2.45) is 0 Å². The SMILES string of the molecule is CCN1C(=O)c2cc(Br)c3c4c(cc(C)c(c24)C1=O)C(=O)N(CC)C3=O. The number of imide groups is 2. The summed E-state index contributed by atoms with van der Waals surface area (Å²) in [5, 5.41) is 0.808. The zero-order valence-corrected chi connectivity index (χ0v) is 16.1. The molecule has 0 unspecified atom stereocenters. The van der Waals surface area contributed by atoms with E-state index in [1.807, 2.05) is 0 Å². The molecule has 7 heteroatoms. The van der Waals surface area contributed by atoms with E-state index in [4.69, 9.17) is 0 Å². The lowest BCUT2D eigenvalue weighted by molar-refractivity contribution is 0.0596. The molecule has 26 heavy (non-hydrogen) atoms. The van der Waals surface area contributed by atoms with Crippen molar-refractivity contribution in [1.29, 1.82) is 0 Å². The van der Waals surface area contributed by atoms with Crippen LogP contribution in [-0.2, 0) is 0 Å². The summed E-state index contributed by atoms with van der Waals surface area (Å²) in [7, 11) is 0. The molecule has 0 spiro atoms. The lowest BCUT2D eigenvalue weighted by atomic mass is 9.83. The Balaban J connectivity index is 2.24. The summed E-state index contributed by atoms with van der Waals surface area (Å²) in [4.78, 5) is 53.7. The lowest BCUT2D eigenvalue weighted by Crippen LogP contribution is -2.43. The molecule has 0 aliphatic carbocycles. The Morgan fingerprint density at radius 3 is 1.77 bits per heavy atom. The van der Waals surface area contributed by atoms with E-state index in [-0.39, 0.29) is 19.0 Å². The van der Waals surface area contributed by atoms with Gasteiger partial charge in [-0.1, -0.05) is 0 Å².